The summed E-state index contributed by atoms with van der Waals surface area (Å²) in [5.41, 5.74) is 3.78. The number of ether oxygens (including phenoxy) is 1. The minimum atomic E-state index is -0.118. The summed E-state index contributed by atoms with van der Waals surface area (Å²) in [4.78, 5) is 28.0. The Hall–Kier alpha value is -3.60. The number of para-hydroxylation sites is 2. The lowest BCUT2D eigenvalue weighted by atomic mass is 9.94. The van der Waals surface area contributed by atoms with Gasteiger partial charge >= 0.3 is 0 Å². The van der Waals surface area contributed by atoms with Crippen LogP contribution in [-0.4, -0.2) is 36.9 Å². The van der Waals surface area contributed by atoms with Crippen LogP contribution in [0.15, 0.2) is 78.9 Å². The van der Waals surface area contributed by atoms with Gasteiger partial charge in [-0.15, -0.1) is 0 Å². The smallest absolute Gasteiger partial charge is 0.254 e. The molecule has 1 saturated heterocycles. The zero-order valence-electron chi connectivity index (χ0n) is 19.0. The molecule has 170 valence electrons. The highest BCUT2D eigenvalue weighted by atomic mass is 16.5. The van der Waals surface area contributed by atoms with Crippen LogP contribution in [0.2, 0.25) is 0 Å². The Labute approximate surface area is 195 Å². The van der Waals surface area contributed by atoms with Gasteiger partial charge in [0.2, 0.25) is 5.91 Å². The number of benzene rings is 3. The average molecular weight is 443 g/mol. The summed E-state index contributed by atoms with van der Waals surface area (Å²) in [7, 11) is 1.59. The number of likely N-dealkylation sites (tertiary alicyclic amines) is 1. The Morgan fingerprint density at radius 2 is 1.55 bits per heavy atom. The van der Waals surface area contributed by atoms with Crippen LogP contribution in [0.3, 0.4) is 0 Å². The van der Waals surface area contributed by atoms with E-state index in [0.717, 1.165) is 24.0 Å². The van der Waals surface area contributed by atoms with E-state index >= 15 is 0 Å². The van der Waals surface area contributed by atoms with Crippen molar-refractivity contribution in [2.24, 2.45) is 5.92 Å². The van der Waals surface area contributed by atoms with Gasteiger partial charge in [0, 0.05) is 24.6 Å². The van der Waals surface area contributed by atoms with Crippen molar-refractivity contribution >= 4 is 17.5 Å². The fourth-order valence-corrected chi connectivity index (χ4v) is 4.37. The SMILES string of the molecule is COc1ccccc1NC(=O)C1CCN(C(=O)c2ccccc2CCc2ccccc2)CC1. The molecule has 4 rings (SSSR count). The van der Waals surface area contributed by atoms with Crippen molar-refractivity contribution in [3.8, 4) is 5.75 Å². The number of piperidine rings is 1. The fraction of sp³-hybridized carbons (Fsp3) is 0.286. The van der Waals surface area contributed by atoms with E-state index in [0.29, 0.717) is 37.4 Å². The van der Waals surface area contributed by atoms with E-state index < -0.39 is 0 Å². The van der Waals surface area contributed by atoms with E-state index in [1.807, 2.05) is 71.6 Å². The molecule has 0 aliphatic carbocycles. The van der Waals surface area contributed by atoms with Gasteiger partial charge in [-0.1, -0.05) is 60.7 Å². The van der Waals surface area contributed by atoms with Gasteiger partial charge in [0.25, 0.3) is 5.91 Å². The van der Waals surface area contributed by atoms with Gasteiger partial charge < -0.3 is 15.0 Å². The number of carbonyl (C=O) groups is 2. The van der Waals surface area contributed by atoms with Crippen molar-refractivity contribution in [2.45, 2.75) is 25.7 Å². The highest BCUT2D eigenvalue weighted by Gasteiger charge is 2.29. The van der Waals surface area contributed by atoms with Gasteiger partial charge in [0.05, 0.1) is 12.8 Å². The summed E-state index contributed by atoms with van der Waals surface area (Å²) < 4.78 is 5.32. The van der Waals surface area contributed by atoms with Crippen LogP contribution in [-0.2, 0) is 17.6 Å². The summed E-state index contributed by atoms with van der Waals surface area (Å²) in [6.45, 7) is 1.16. The van der Waals surface area contributed by atoms with Crippen LogP contribution in [0.5, 0.6) is 5.75 Å². The summed E-state index contributed by atoms with van der Waals surface area (Å²) in [5.74, 6) is 0.565. The van der Waals surface area contributed by atoms with Crippen LogP contribution < -0.4 is 10.1 Å². The molecule has 2 amide bonds. The number of anilines is 1. The first-order valence-electron chi connectivity index (χ1n) is 11.5. The number of nitrogens with one attached hydrogen (secondary N) is 1. The molecule has 0 saturated carbocycles. The number of carbonyl (C=O) groups excluding carboxylic acids is 2. The minimum Gasteiger partial charge on any atom is -0.495 e. The molecule has 0 atom stereocenters. The molecule has 1 N–H and O–H groups in total. The number of methoxy groups -OCH3 is 1. The normalized spacial score (nSPS) is 14.0. The van der Waals surface area contributed by atoms with Gasteiger partial charge in [-0.3, -0.25) is 9.59 Å². The summed E-state index contributed by atoms with van der Waals surface area (Å²) >= 11 is 0. The molecule has 3 aromatic carbocycles. The van der Waals surface area contributed by atoms with Crippen molar-refractivity contribution in [2.75, 3.05) is 25.5 Å². The summed E-state index contributed by atoms with van der Waals surface area (Å²) in [6, 6.07) is 25.6. The van der Waals surface area contributed by atoms with Gasteiger partial charge in [0.1, 0.15) is 5.75 Å². The van der Waals surface area contributed by atoms with E-state index in [2.05, 4.69) is 17.4 Å². The standard InChI is InChI=1S/C28H30N2O3/c1-33-26-14-8-7-13-25(26)29-27(31)23-17-19-30(20-18-23)28(32)24-12-6-5-11-22(24)16-15-21-9-3-2-4-10-21/h2-14,23H,15-20H2,1H3,(H,29,31). The first-order chi connectivity index (χ1) is 16.2. The third-order valence-electron chi connectivity index (χ3n) is 6.29. The Bertz CT molecular complexity index is 1090. The zero-order chi connectivity index (χ0) is 23.0. The topological polar surface area (TPSA) is 58.6 Å². The third kappa shape index (κ3) is 5.61. The van der Waals surface area contributed by atoms with E-state index in [1.165, 1.54) is 5.56 Å². The molecule has 33 heavy (non-hydrogen) atoms. The molecule has 0 spiro atoms. The van der Waals surface area contributed by atoms with Gasteiger partial charge in [-0.25, -0.2) is 0 Å². The molecule has 0 radical (unpaired) electrons. The van der Waals surface area contributed by atoms with Crippen molar-refractivity contribution < 1.29 is 14.3 Å². The van der Waals surface area contributed by atoms with Crippen molar-refractivity contribution in [3.05, 3.63) is 95.6 Å². The molecular formula is C28H30N2O3. The first-order valence-corrected chi connectivity index (χ1v) is 11.5. The van der Waals surface area contributed by atoms with E-state index in [-0.39, 0.29) is 17.7 Å². The maximum Gasteiger partial charge on any atom is 0.254 e. The molecule has 0 unspecified atom stereocenters. The molecule has 5 heteroatoms. The Balaban J connectivity index is 1.35. The fourth-order valence-electron chi connectivity index (χ4n) is 4.37. The van der Waals surface area contributed by atoms with E-state index in [4.69, 9.17) is 4.74 Å². The molecule has 0 aromatic heterocycles. The molecule has 1 fully saturated rings. The van der Waals surface area contributed by atoms with Crippen molar-refractivity contribution in [1.82, 2.24) is 4.90 Å². The van der Waals surface area contributed by atoms with Crippen LogP contribution in [0, 0.1) is 5.92 Å². The van der Waals surface area contributed by atoms with Crippen molar-refractivity contribution in [1.29, 1.82) is 0 Å². The van der Waals surface area contributed by atoms with E-state index in [9.17, 15) is 9.59 Å². The second kappa shape index (κ2) is 10.8. The lowest BCUT2D eigenvalue weighted by Gasteiger charge is -2.32. The maximum atomic E-state index is 13.3. The quantitative estimate of drug-likeness (QED) is 0.562. The van der Waals surface area contributed by atoms with Crippen LogP contribution in [0.4, 0.5) is 5.69 Å². The number of amides is 2. The predicted molar refractivity (Wildman–Crippen MR) is 131 cm³/mol. The molecule has 5 nitrogen and oxygen atoms in total. The van der Waals surface area contributed by atoms with Gasteiger partial charge in [0.15, 0.2) is 0 Å². The number of rotatable bonds is 7. The monoisotopic (exact) mass is 442 g/mol. The van der Waals surface area contributed by atoms with E-state index in [1.54, 1.807) is 7.11 Å². The lowest BCUT2D eigenvalue weighted by molar-refractivity contribution is -0.121. The van der Waals surface area contributed by atoms with Crippen LogP contribution >= 0.6 is 0 Å². The number of hydrogen-bond acceptors (Lipinski definition) is 3. The molecule has 0 bridgehead atoms. The number of aryl methyl sites for hydroxylation is 2. The minimum absolute atomic E-state index is 0.0186. The average Bonchev–Trinajstić information content (AvgIpc) is 2.88. The Morgan fingerprint density at radius 1 is 0.879 bits per heavy atom. The molecule has 1 aliphatic heterocycles. The molecule has 1 aliphatic rings. The highest BCUT2D eigenvalue weighted by molar-refractivity contribution is 5.96. The molecule has 1 heterocycles. The Kier molecular flexibility index (Phi) is 7.40. The molecular weight excluding hydrogens is 412 g/mol. The summed E-state index contributed by atoms with van der Waals surface area (Å²) in [5, 5.41) is 2.98. The second-order valence-electron chi connectivity index (χ2n) is 8.40. The van der Waals surface area contributed by atoms with Crippen LogP contribution in [0.25, 0.3) is 0 Å². The third-order valence-corrected chi connectivity index (χ3v) is 6.29. The second-order valence-corrected chi connectivity index (χ2v) is 8.40. The predicted octanol–water partition coefficient (Wildman–Crippen LogP) is 4.97. The lowest BCUT2D eigenvalue weighted by Crippen LogP contribution is -2.41. The van der Waals surface area contributed by atoms with Gasteiger partial charge in [-0.2, -0.15) is 0 Å². The number of nitrogens with zero attached hydrogens (tertiary/aromatic N) is 1. The van der Waals surface area contributed by atoms with Gasteiger partial charge in [-0.05, 0) is 55.0 Å². The Morgan fingerprint density at radius 3 is 2.30 bits per heavy atom. The highest BCUT2D eigenvalue weighted by Crippen LogP contribution is 2.26. The zero-order valence-corrected chi connectivity index (χ0v) is 19.0. The first kappa shape index (κ1) is 22.6. The van der Waals surface area contributed by atoms with Crippen LogP contribution in [0.1, 0.15) is 34.3 Å². The molecule has 3 aromatic rings. The van der Waals surface area contributed by atoms with Crippen molar-refractivity contribution in [3.63, 3.8) is 0 Å². The largest absolute Gasteiger partial charge is 0.495 e. The maximum absolute atomic E-state index is 13.3. The summed E-state index contributed by atoms with van der Waals surface area (Å²) in [6.07, 6.45) is 3.03. The number of hydrogen-bond donors (Lipinski definition) is 1.